The summed E-state index contributed by atoms with van der Waals surface area (Å²) in [6, 6.07) is 17.7. The molecule has 37 heavy (non-hydrogen) atoms. The van der Waals surface area contributed by atoms with E-state index in [0.717, 1.165) is 42.5 Å². The Kier molecular flexibility index (Phi) is 11.4. The molecule has 2 aromatic carbocycles. The molecule has 0 aromatic heterocycles. The quantitative estimate of drug-likeness (QED) is 0.331. The minimum absolute atomic E-state index is 0.110. The highest BCUT2D eigenvalue weighted by Gasteiger charge is 2.23. The van der Waals surface area contributed by atoms with Gasteiger partial charge in [-0.05, 0) is 36.1 Å². The van der Waals surface area contributed by atoms with Gasteiger partial charge in [0.2, 0.25) is 17.7 Å². The molecule has 1 aliphatic rings. The highest BCUT2D eigenvalue weighted by molar-refractivity contribution is 5.80. The van der Waals surface area contributed by atoms with Crippen molar-refractivity contribution in [3.05, 3.63) is 65.7 Å². The van der Waals surface area contributed by atoms with Crippen LogP contribution in [0.3, 0.4) is 0 Å². The third-order valence-corrected chi connectivity index (χ3v) is 6.61. The number of hydrogen-bond donors (Lipinski definition) is 1. The van der Waals surface area contributed by atoms with E-state index in [1.807, 2.05) is 83.4 Å². The number of rotatable bonds is 13. The second-order valence-corrected chi connectivity index (χ2v) is 9.71. The SMILES string of the molecule is CN(C)c1ccc(CC(=O)N2CCN(C(=O)CCCCCCC(=O)NOCc3ccccc3)CC2)cc1. The Hall–Kier alpha value is -3.39. The van der Waals surface area contributed by atoms with Crippen molar-refractivity contribution in [2.75, 3.05) is 45.2 Å². The van der Waals surface area contributed by atoms with Crippen molar-refractivity contribution in [3.8, 4) is 0 Å². The maximum absolute atomic E-state index is 12.7. The van der Waals surface area contributed by atoms with Crippen LogP contribution in [0.25, 0.3) is 0 Å². The fraction of sp³-hybridized carbons (Fsp3) is 0.483. The van der Waals surface area contributed by atoms with Crippen LogP contribution in [0.1, 0.15) is 49.7 Å². The van der Waals surface area contributed by atoms with Crippen molar-refractivity contribution in [1.29, 1.82) is 0 Å². The van der Waals surface area contributed by atoms with Crippen LogP contribution >= 0.6 is 0 Å². The van der Waals surface area contributed by atoms with Crippen LogP contribution in [-0.4, -0.2) is 67.8 Å². The van der Waals surface area contributed by atoms with E-state index in [-0.39, 0.29) is 17.7 Å². The molecule has 1 aliphatic heterocycles. The van der Waals surface area contributed by atoms with Crippen molar-refractivity contribution >= 4 is 23.4 Å². The first kappa shape index (κ1) is 28.2. The van der Waals surface area contributed by atoms with Crippen molar-refractivity contribution in [2.45, 2.75) is 51.6 Å². The van der Waals surface area contributed by atoms with Crippen molar-refractivity contribution in [2.24, 2.45) is 0 Å². The van der Waals surface area contributed by atoms with Crippen molar-refractivity contribution in [3.63, 3.8) is 0 Å². The Bertz CT molecular complexity index is 987. The number of carbonyl (C=O) groups excluding carboxylic acids is 3. The molecule has 0 atom stereocenters. The largest absolute Gasteiger partial charge is 0.378 e. The lowest BCUT2D eigenvalue weighted by Crippen LogP contribution is -2.50. The summed E-state index contributed by atoms with van der Waals surface area (Å²) in [7, 11) is 3.99. The lowest BCUT2D eigenvalue weighted by molar-refractivity contribution is -0.139. The van der Waals surface area contributed by atoms with Gasteiger partial charge in [0.1, 0.15) is 0 Å². The van der Waals surface area contributed by atoms with Crippen LogP contribution in [0, 0.1) is 0 Å². The maximum atomic E-state index is 12.7. The summed E-state index contributed by atoms with van der Waals surface area (Å²) in [6.45, 7) is 2.70. The number of hydroxylamine groups is 1. The first-order chi connectivity index (χ1) is 17.9. The van der Waals surface area contributed by atoms with Gasteiger partial charge in [0.05, 0.1) is 13.0 Å². The van der Waals surface area contributed by atoms with Crippen LogP contribution in [0.15, 0.2) is 54.6 Å². The average Bonchev–Trinajstić information content (AvgIpc) is 2.91. The Morgan fingerprint density at radius 1 is 0.757 bits per heavy atom. The minimum atomic E-state index is -0.120. The fourth-order valence-corrected chi connectivity index (χ4v) is 4.30. The summed E-state index contributed by atoms with van der Waals surface area (Å²) in [4.78, 5) is 48.1. The molecule has 0 saturated carbocycles. The molecular formula is C29H40N4O4. The monoisotopic (exact) mass is 508 g/mol. The van der Waals surface area contributed by atoms with E-state index in [1.165, 1.54) is 0 Å². The zero-order valence-corrected chi connectivity index (χ0v) is 22.2. The Morgan fingerprint density at radius 2 is 1.35 bits per heavy atom. The van der Waals surface area contributed by atoms with Crippen molar-refractivity contribution in [1.82, 2.24) is 15.3 Å². The second-order valence-electron chi connectivity index (χ2n) is 9.71. The Balaban J connectivity index is 1.22. The van der Waals surface area contributed by atoms with Gasteiger partial charge in [-0.2, -0.15) is 0 Å². The van der Waals surface area contributed by atoms with Gasteiger partial charge < -0.3 is 14.7 Å². The third-order valence-electron chi connectivity index (χ3n) is 6.61. The first-order valence-corrected chi connectivity index (χ1v) is 13.2. The lowest BCUT2D eigenvalue weighted by atomic mass is 10.1. The molecule has 3 rings (SSSR count). The van der Waals surface area contributed by atoms with Gasteiger partial charge in [-0.15, -0.1) is 0 Å². The van der Waals surface area contributed by atoms with E-state index >= 15 is 0 Å². The van der Waals surface area contributed by atoms with Crippen molar-refractivity contribution < 1.29 is 19.2 Å². The van der Waals surface area contributed by atoms with E-state index in [9.17, 15) is 14.4 Å². The van der Waals surface area contributed by atoms with Crippen LogP contribution in [0.2, 0.25) is 0 Å². The summed E-state index contributed by atoms with van der Waals surface area (Å²) in [5, 5.41) is 0. The molecule has 0 bridgehead atoms. The van der Waals surface area contributed by atoms with E-state index in [1.54, 1.807) is 0 Å². The smallest absolute Gasteiger partial charge is 0.243 e. The van der Waals surface area contributed by atoms with Crippen LogP contribution < -0.4 is 10.4 Å². The second kappa shape index (κ2) is 15.0. The number of anilines is 1. The Labute approximate surface area is 220 Å². The number of benzene rings is 2. The zero-order valence-electron chi connectivity index (χ0n) is 22.2. The van der Waals surface area contributed by atoms with Crippen LogP contribution in [0.5, 0.6) is 0 Å². The molecule has 8 nitrogen and oxygen atoms in total. The number of carbonyl (C=O) groups is 3. The summed E-state index contributed by atoms with van der Waals surface area (Å²) < 4.78 is 0. The highest BCUT2D eigenvalue weighted by Crippen LogP contribution is 2.15. The topological polar surface area (TPSA) is 82.2 Å². The van der Waals surface area contributed by atoms with E-state index in [0.29, 0.717) is 52.0 Å². The molecule has 1 fully saturated rings. The number of nitrogens with one attached hydrogen (secondary N) is 1. The van der Waals surface area contributed by atoms with E-state index in [4.69, 9.17) is 4.84 Å². The number of hydrogen-bond acceptors (Lipinski definition) is 5. The van der Waals surface area contributed by atoms with Gasteiger partial charge in [0, 0.05) is 58.8 Å². The normalized spacial score (nSPS) is 13.4. The van der Waals surface area contributed by atoms with Gasteiger partial charge in [0.15, 0.2) is 0 Å². The molecule has 1 heterocycles. The molecule has 1 N–H and O–H groups in total. The van der Waals surface area contributed by atoms with Crippen LogP contribution in [0.4, 0.5) is 5.69 Å². The van der Waals surface area contributed by atoms with Gasteiger partial charge in [0.25, 0.3) is 0 Å². The predicted molar refractivity (Wildman–Crippen MR) is 145 cm³/mol. The lowest BCUT2D eigenvalue weighted by Gasteiger charge is -2.35. The average molecular weight is 509 g/mol. The summed E-state index contributed by atoms with van der Waals surface area (Å²) in [5.74, 6) is 0.141. The summed E-state index contributed by atoms with van der Waals surface area (Å²) in [5.41, 5.74) is 5.61. The molecule has 0 aliphatic carbocycles. The van der Waals surface area contributed by atoms with Crippen LogP contribution in [-0.2, 0) is 32.2 Å². The minimum Gasteiger partial charge on any atom is -0.378 e. The maximum Gasteiger partial charge on any atom is 0.243 e. The standard InChI is InChI=1S/C29H40N4O4/c1-31(2)26-16-14-24(15-17-26)22-29(36)33-20-18-32(19-21-33)28(35)13-9-4-3-8-12-27(34)30-37-23-25-10-6-5-7-11-25/h5-7,10-11,14-17H,3-4,8-9,12-13,18-23H2,1-2H3,(H,30,34). The van der Waals surface area contributed by atoms with Gasteiger partial charge in [-0.1, -0.05) is 55.3 Å². The first-order valence-electron chi connectivity index (χ1n) is 13.2. The number of piperazine rings is 1. The number of unbranched alkanes of at least 4 members (excludes halogenated alkanes) is 3. The number of nitrogens with zero attached hydrogens (tertiary/aromatic N) is 3. The molecule has 0 spiro atoms. The predicted octanol–water partition coefficient (Wildman–Crippen LogP) is 3.55. The molecular weight excluding hydrogens is 468 g/mol. The molecule has 1 saturated heterocycles. The molecule has 2 aromatic rings. The zero-order chi connectivity index (χ0) is 26.5. The summed E-state index contributed by atoms with van der Waals surface area (Å²) in [6.07, 6.45) is 4.71. The van der Waals surface area contributed by atoms with E-state index in [2.05, 4.69) is 5.48 Å². The highest BCUT2D eigenvalue weighted by atomic mass is 16.6. The molecule has 200 valence electrons. The number of amides is 3. The fourth-order valence-electron chi connectivity index (χ4n) is 4.30. The third kappa shape index (κ3) is 9.88. The molecule has 0 unspecified atom stereocenters. The van der Waals surface area contributed by atoms with Gasteiger partial charge in [-0.3, -0.25) is 19.2 Å². The summed E-state index contributed by atoms with van der Waals surface area (Å²) >= 11 is 0. The van der Waals surface area contributed by atoms with Gasteiger partial charge in [-0.25, -0.2) is 5.48 Å². The molecule has 8 heteroatoms. The molecule has 0 radical (unpaired) electrons. The molecule has 3 amide bonds. The van der Waals surface area contributed by atoms with E-state index < -0.39 is 0 Å². The van der Waals surface area contributed by atoms with Gasteiger partial charge >= 0.3 is 0 Å². The Morgan fingerprint density at radius 3 is 1.97 bits per heavy atom.